The number of hydrogen-bond donors (Lipinski definition) is 1. The molecular weight excluding hydrogens is 136 g/mol. The molecule has 2 rings (SSSR count). The molecule has 0 saturated heterocycles. The van der Waals surface area contributed by atoms with E-state index >= 15 is 0 Å². The van der Waals surface area contributed by atoms with Gasteiger partial charge in [-0.3, -0.25) is 0 Å². The molecule has 2 saturated carbocycles. The van der Waals surface area contributed by atoms with Crippen molar-refractivity contribution in [1.82, 2.24) is 0 Å². The van der Waals surface area contributed by atoms with Crippen molar-refractivity contribution in [1.29, 1.82) is 0 Å². The monoisotopic (exact) mass is 154 g/mol. The summed E-state index contributed by atoms with van der Waals surface area (Å²) >= 11 is 0. The minimum atomic E-state index is -0.330. The minimum absolute atomic E-state index is 0.330. The molecule has 0 bridgehead atoms. The largest absolute Gasteiger partial charge is 0.390 e. The van der Waals surface area contributed by atoms with Gasteiger partial charge in [0.15, 0.2) is 0 Å². The van der Waals surface area contributed by atoms with Crippen molar-refractivity contribution < 1.29 is 5.11 Å². The molecule has 1 unspecified atom stereocenters. The van der Waals surface area contributed by atoms with E-state index in [9.17, 15) is 5.11 Å². The number of rotatable bonds is 0. The normalized spacial score (nSPS) is 42.0. The second-order valence-electron chi connectivity index (χ2n) is 4.61. The van der Waals surface area contributed by atoms with Crippen molar-refractivity contribution in [2.75, 3.05) is 0 Å². The van der Waals surface area contributed by atoms with E-state index in [2.05, 4.69) is 0 Å². The van der Waals surface area contributed by atoms with Crippen molar-refractivity contribution in [2.45, 2.75) is 57.5 Å². The molecule has 1 nitrogen and oxygen atoms in total. The third kappa shape index (κ3) is 0.936. The Bertz CT molecular complexity index is 149. The van der Waals surface area contributed by atoms with Crippen LogP contribution < -0.4 is 0 Å². The predicted octanol–water partition coefficient (Wildman–Crippen LogP) is 2.48. The second-order valence-corrected chi connectivity index (χ2v) is 4.61. The average molecular weight is 154 g/mol. The topological polar surface area (TPSA) is 20.2 Å². The zero-order chi connectivity index (χ0) is 7.95. The summed E-state index contributed by atoms with van der Waals surface area (Å²) in [6, 6.07) is 0. The molecule has 0 radical (unpaired) electrons. The van der Waals surface area contributed by atoms with Gasteiger partial charge in [0.25, 0.3) is 0 Å². The van der Waals surface area contributed by atoms with Crippen LogP contribution in [0.25, 0.3) is 0 Å². The second kappa shape index (κ2) is 2.22. The average Bonchev–Trinajstić information content (AvgIpc) is 2.45. The van der Waals surface area contributed by atoms with E-state index in [1.165, 1.54) is 38.5 Å². The van der Waals surface area contributed by atoms with Crippen LogP contribution in [-0.2, 0) is 0 Å². The van der Waals surface area contributed by atoms with Crippen molar-refractivity contribution in [2.24, 2.45) is 5.41 Å². The van der Waals surface area contributed by atoms with Crippen LogP contribution in [0.15, 0.2) is 0 Å². The van der Waals surface area contributed by atoms with Gasteiger partial charge in [0.05, 0.1) is 5.60 Å². The molecule has 64 valence electrons. The van der Waals surface area contributed by atoms with Crippen LogP contribution in [-0.4, -0.2) is 10.7 Å². The molecule has 1 atom stereocenters. The minimum Gasteiger partial charge on any atom is -0.390 e. The molecule has 2 aliphatic rings. The fourth-order valence-electron chi connectivity index (χ4n) is 3.15. The van der Waals surface area contributed by atoms with Gasteiger partial charge in [-0.15, -0.1) is 0 Å². The van der Waals surface area contributed by atoms with E-state index in [1.54, 1.807) is 0 Å². The zero-order valence-corrected chi connectivity index (χ0v) is 7.40. The summed E-state index contributed by atoms with van der Waals surface area (Å²) in [6.07, 6.45) is 8.80. The third-order valence-electron chi connectivity index (χ3n) is 4.02. The molecule has 0 aromatic heterocycles. The molecule has 1 spiro atoms. The van der Waals surface area contributed by atoms with Crippen molar-refractivity contribution in [3.05, 3.63) is 0 Å². The Morgan fingerprint density at radius 1 is 0.909 bits per heavy atom. The Balaban J connectivity index is 2.22. The van der Waals surface area contributed by atoms with Crippen molar-refractivity contribution >= 4 is 0 Å². The van der Waals surface area contributed by atoms with Crippen molar-refractivity contribution in [3.8, 4) is 0 Å². The van der Waals surface area contributed by atoms with E-state index in [0.29, 0.717) is 5.41 Å². The van der Waals surface area contributed by atoms with Crippen LogP contribution in [0.1, 0.15) is 51.9 Å². The molecular formula is C10H18O. The molecule has 0 heterocycles. The lowest BCUT2D eigenvalue weighted by Gasteiger charge is -2.36. The fourth-order valence-corrected chi connectivity index (χ4v) is 3.15. The summed E-state index contributed by atoms with van der Waals surface area (Å²) in [6.45, 7) is 2.05. The third-order valence-corrected chi connectivity index (χ3v) is 4.02. The number of aliphatic hydroxyl groups is 1. The predicted molar refractivity (Wildman–Crippen MR) is 45.4 cm³/mol. The Morgan fingerprint density at radius 3 is 1.91 bits per heavy atom. The highest BCUT2D eigenvalue weighted by atomic mass is 16.3. The van der Waals surface area contributed by atoms with Gasteiger partial charge >= 0.3 is 0 Å². The maximum atomic E-state index is 10.1. The molecule has 2 fully saturated rings. The molecule has 2 aliphatic carbocycles. The quantitative estimate of drug-likeness (QED) is 0.568. The summed E-state index contributed by atoms with van der Waals surface area (Å²) in [5.41, 5.74) is 0.0104. The van der Waals surface area contributed by atoms with Crippen LogP contribution >= 0.6 is 0 Å². The molecule has 1 N–H and O–H groups in total. The first kappa shape index (κ1) is 7.60. The maximum Gasteiger partial charge on any atom is 0.0675 e. The highest BCUT2D eigenvalue weighted by Gasteiger charge is 2.51. The standard InChI is InChI=1S/C10H18O/c1-9(11)5-4-8-10(9)6-2-3-7-10/h11H,2-8H2,1H3. The summed E-state index contributed by atoms with van der Waals surface area (Å²) < 4.78 is 0. The molecule has 0 aromatic rings. The van der Waals surface area contributed by atoms with Gasteiger partial charge in [0, 0.05) is 0 Å². The molecule has 1 heteroatoms. The van der Waals surface area contributed by atoms with E-state index in [0.717, 1.165) is 6.42 Å². The Labute approximate surface area is 68.8 Å². The van der Waals surface area contributed by atoms with Gasteiger partial charge in [-0.2, -0.15) is 0 Å². The lowest BCUT2D eigenvalue weighted by Crippen LogP contribution is -2.38. The van der Waals surface area contributed by atoms with Crippen LogP contribution in [0, 0.1) is 5.41 Å². The summed E-state index contributed by atoms with van der Waals surface area (Å²) in [7, 11) is 0. The van der Waals surface area contributed by atoms with Gasteiger partial charge in [-0.05, 0) is 44.4 Å². The van der Waals surface area contributed by atoms with Gasteiger partial charge in [0.1, 0.15) is 0 Å². The molecule has 0 aliphatic heterocycles. The summed E-state index contributed by atoms with van der Waals surface area (Å²) in [4.78, 5) is 0. The Kier molecular flexibility index (Phi) is 1.54. The fraction of sp³-hybridized carbons (Fsp3) is 1.00. The molecule has 11 heavy (non-hydrogen) atoms. The van der Waals surface area contributed by atoms with Gasteiger partial charge < -0.3 is 5.11 Å². The first-order valence-electron chi connectivity index (χ1n) is 4.89. The van der Waals surface area contributed by atoms with Crippen LogP contribution in [0.5, 0.6) is 0 Å². The lowest BCUT2D eigenvalue weighted by atomic mass is 9.74. The molecule has 0 aromatic carbocycles. The summed E-state index contributed by atoms with van der Waals surface area (Å²) in [5, 5.41) is 10.1. The van der Waals surface area contributed by atoms with Crippen LogP contribution in [0.3, 0.4) is 0 Å². The van der Waals surface area contributed by atoms with Gasteiger partial charge in [-0.25, -0.2) is 0 Å². The van der Waals surface area contributed by atoms with E-state index < -0.39 is 0 Å². The van der Waals surface area contributed by atoms with E-state index in [4.69, 9.17) is 0 Å². The van der Waals surface area contributed by atoms with E-state index in [-0.39, 0.29) is 5.60 Å². The smallest absolute Gasteiger partial charge is 0.0675 e. The van der Waals surface area contributed by atoms with Gasteiger partial charge in [0.2, 0.25) is 0 Å². The van der Waals surface area contributed by atoms with Crippen molar-refractivity contribution in [3.63, 3.8) is 0 Å². The lowest BCUT2D eigenvalue weighted by molar-refractivity contribution is -0.0421. The highest BCUT2D eigenvalue weighted by molar-refractivity contribution is 5.03. The van der Waals surface area contributed by atoms with Gasteiger partial charge in [-0.1, -0.05) is 12.8 Å². The highest BCUT2D eigenvalue weighted by Crippen LogP contribution is 2.56. The first-order valence-corrected chi connectivity index (χ1v) is 4.89. The SMILES string of the molecule is CC1(O)CCCC12CCCC2. The van der Waals surface area contributed by atoms with Crippen LogP contribution in [0.4, 0.5) is 0 Å². The van der Waals surface area contributed by atoms with Crippen LogP contribution in [0.2, 0.25) is 0 Å². The number of hydrogen-bond acceptors (Lipinski definition) is 1. The van der Waals surface area contributed by atoms with E-state index in [1.807, 2.05) is 6.92 Å². The maximum absolute atomic E-state index is 10.1. The Morgan fingerprint density at radius 2 is 1.45 bits per heavy atom. The zero-order valence-electron chi connectivity index (χ0n) is 7.40. The molecule has 0 amide bonds. The Hall–Kier alpha value is -0.0400. The summed E-state index contributed by atoms with van der Waals surface area (Å²) in [5.74, 6) is 0. The first-order chi connectivity index (χ1) is 5.16.